The number of para-hydroxylation sites is 1. The van der Waals surface area contributed by atoms with E-state index >= 15 is 0 Å². The van der Waals surface area contributed by atoms with Crippen molar-refractivity contribution < 1.29 is 27.5 Å². The Morgan fingerprint density at radius 3 is 2.58 bits per heavy atom. The van der Waals surface area contributed by atoms with E-state index in [0.29, 0.717) is 0 Å². The molecular formula is C12H11F4NO2. The van der Waals surface area contributed by atoms with Crippen LogP contribution in [0.3, 0.4) is 0 Å². The molecule has 1 amide bonds. The predicted molar refractivity (Wildman–Crippen MR) is 58.9 cm³/mol. The van der Waals surface area contributed by atoms with E-state index < -0.39 is 35.1 Å². The van der Waals surface area contributed by atoms with Gasteiger partial charge >= 0.3 is 6.18 Å². The Morgan fingerprint density at radius 1 is 1.37 bits per heavy atom. The highest BCUT2D eigenvalue weighted by Gasteiger charge is 2.40. The molecule has 0 aliphatic carbocycles. The molecule has 1 saturated heterocycles. The average molecular weight is 277 g/mol. The summed E-state index contributed by atoms with van der Waals surface area (Å²) in [6, 6.07) is 2.56. The maximum Gasteiger partial charge on any atom is 0.418 e. The standard InChI is InChI=1S/C12H11F4NO2/c13-9-3-1-2-8(12(14,15)16)11(9)17-5-7(6-18)4-10(17)19/h1-3,7,18H,4-6H2. The molecule has 0 radical (unpaired) electrons. The van der Waals surface area contributed by atoms with Crippen LogP contribution in [0.5, 0.6) is 0 Å². The highest BCUT2D eigenvalue weighted by Crippen LogP contribution is 2.39. The number of nitrogens with zero attached hydrogens (tertiary/aromatic N) is 1. The molecule has 0 aromatic heterocycles. The van der Waals surface area contributed by atoms with Gasteiger partial charge in [0.2, 0.25) is 5.91 Å². The second-order valence-corrected chi connectivity index (χ2v) is 4.39. The monoisotopic (exact) mass is 277 g/mol. The van der Waals surface area contributed by atoms with Crippen LogP contribution in [0.2, 0.25) is 0 Å². The summed E-state index contributed by atoms with van der Waals surface area (Å²) in [5.74, 6) is -2.18. The van der Waals surface area contributed by atoms with Gasteiger partial charge in [-0.1, -0.05) is 6.07 Å². The number of benzene rings is 1. The molecule has 1 atom stereocenters. The van der Waals surface area contributed by atoms with Crippen LogP contribution >= 0.6 is 0 Å². The summed E-state index contributed by atoms with van der Waals surface area (Å²) in [6.45, 7) is -0.433. The van der Waals surface area contributed by atoms with Gasteiger partial charge in [-0.15, -0.1) is 0 Å². The number of rotatable bonds is 2. The molecule has 1 fully saturated rings. The van der Waals surface area contributed by atoms with Gasteiger partial charge in [0.1, 0.15) is 5.82 Å². The fraction of sp³-hybridized carbons (Fsp3) is 0.417. The second kappa shape index (κ2) is 4.80. The van der Waals surface area contributed by atoms with Crippen LogP contribution in [0.15, 0.2) is 18.2 Å². The topological polar surface area (TPSA) is 40.5 Å². The van der Waals surface area contributed by atoms with Gasteiger partial charge in [-0.05, 0) is 12.1 Å². The quantitative estimate of drug-likeness (QED) is 0.842. The SMILES string of the molecule is O=C1CC(CO)CN1c1c(F)cccc1C(F)(F)F. The van der Waals surface area contributed by atoms with Gasteiger partial charge in [0.15, 0.2) is 0 Å². The molecule has 0 spiro atoms. The van der Waals surface area contributed by atoms with Crippen LogP contribution in [0.1, 0.15) is 12.0 Å². The highest BCUT2D eigenvalue weighted by atomic mass is 19.4. The third-order valence-corrected chi connectivity index (χ3v) is 3.03. The van der Waals surface area contributed by atoms with E-state index in [2.05, 4.69) is 0 Å². The first-order valence-electron chi connectivity index (χ1n) is 5.61. The third-order valence-electron chi connectivity index (χ3n) is 3.03. The molecule has 0 bridgehead atoms. The van der Waals surface area contributed by atoms with Gasteiger partial charge in [-0.3, -0.25) is 4.79 Å². The number of hydrogen-bond donors (Lipinski definition) is 1. The number of amides is 1. The van der Waals surface area contributed by atoms with E-state index in [1.807, 2.05) is 0 Å². The lowest BCUT2D eigenvalue weighted by Crippen LogP contribution is -2.28. The number of carbonyl (C=O) groups is 1. The minimum Gasteiger partial charge on any atom is -0.396 e. The van der Waals surface area contributed by atoms with E-state index in [1.165, 1.54) is 0 Å². The first-order chi connectivity index (χ1) is 8.84. The van der Waals surface area contributed by atoms with E-state index in [-0.39, 0.29) is 19.6 Å². The van der Waals surface area contributed by atoms with Crippen molar-refractivity contribution in [1.29, 1.82) is 0 Å². The minimum atomic E-state index is -4.74. The van der Waals surface area contributed by atoms with Crippen molar-refractivity contribution in [3.8, 4) is 0 Å². The van der Waals surface area contributed by atoms with Gasteiger partial charge in [0, 0.05) is 25.5 Å². The summed E-state index contributed by atoms with van der Waals surface area (Å²) >= 11 is 0. The molecule has 1 aliphatic heterocycles. The summed E-state index contributed by atoms with van der Waals surface area (Å²) < 4.78 is 52.2. The molecule has 1 heterocycles. The Labute approximate surface area is 106 Å². The van der Waals surface area contributed by atoms with Crippen LogP contribution in [0.25, 0.3) is 0 Å². The molecule has 1 unspecified atom stereocenters. The molecule has 19 heavy (non-hydrogen) atoms. The van der Waals surface area contributed by atoms with Crippen molar-refractivity contribution in [3.63, 3.8) is 0 Å². The smallest absolute Gasteiger partial charge is 0.396 e. The van der Waals surface area contributed by atoms with Crippen molar-refractivity contribution in [1.82, 2.24) is 0 Å². The number of aliphatic hydroxyl groups is 1. The van der Waals surface area contributed by atoms with Gasteiger partial charge < -0.3 is 10.0 Å². The number of carbonyl (C=O) groups excluding carboxylic acids is 1. The minimum absolute atomic E-state index is 0.0812. The summed E-state index contributed by atoms with van der Waals surface area (Å²) in [5, 5.41) is 8.95. The summed E-state index contributed by atoms with van der Waals surface area (Å²) in [6.07, 6.45) is -4.82. The average Bonchev–Trinajstić information content (AvgIpc) is 2.69. The van der Waals surface area contributed by atoms with Crippen molar-refractivity contribution >= 4 is 11.6 Å². The zero-order valence-corrected chi connectivity index (χ0v) is 9.75. The van der Waals surface area contributed by atoms with Crippen LogP contribution < -0.4 is 4.90 Å². The first kappa shape index (κ1) is 13.8. The number of hydrogen-bond acceptors (Lipinski definition) is 2. The van der Waals surface area contributed by atoms with E-state index in [0.717, 1.165) is 23.1 Å². The lowest BCUT2D eigenvalue weighted by molar-refractivity contribution is -0.137. The molecule has 1 N–H and O–H groups in total. The molecule has 1 aromatic rings. The zero-order valence-electron chi connectivity index (χ0n) is 9.75. The van der Waals surface area contributed by atoms with Gasteiger partial charge in [0.05, 0.1) is 11.3 Å². The van der Waals surface area contributed by atoms with Gasteiger partial charge in [-0.2, -0.15) is 13.2 Å². The van der Waals surface area contributed by atoms with Crippen molar-refractivity contribution in [2.75, 3.05) is 18.1 Å². The zero-order chi connectivity index (χ0) is 14.2. The molecule has 2 rings (SSSR count). The molecule has 0 saturated carbocycles. The maximum absolute atomic E-state index is 13.7. The number of halogens is 4. The van der Waals surface area contributed by atoms with E-state index in [9.17, 15) is 22.4 Å². The summed E-state index contributed by atoms with van der Waals surface area (Å²) in [4.78, 5) is 12.4. The molecule has 1 aromatic carbocycles. The Kier molecular flexibility index (Phi) is 3.49. The molecule has 104 valence electrons. The molecular weight excluding hydrogens is 266 g/mol. The summed E-state index contributed by atoms with van der Waals surface area (Å²) in [5.41, 5.74) is -1.93. The first-order valence-corrected chi connectivity index (χ1v) is 5.61. The predicted octanol–water partition coefficient (Wildman–Crippen LogP) is 2.19. The third kappa shape index (κ3) is 2.56. The highest BCUT2D eigenvalue weighted by molar-refractivity contribution is 5.96. The van der Waals surface area contributed by atoms with Crippen molar-refractivity contribution in [3.05, 3.63) is 29.6 Å². The van der Waals surface area contributed by atoms with Crippen LogP contribution in [0, 0.1) is 11.7 Å². The molecule has 3 nitrogen and oxygen atoms in total. The Balaban J connectivity index is 2.48. The fourth-order valence-corrected chi connectivity index (χ4v) is 2.14. The number of alkyl halides is 3. The number of aliphatic hydroxyl groups excluding tert-OH is 1. The number of anilines is 1. The Hall–Kier alpha value is -1.63. The lowest BCUT2D eigenvalue weighted by Gasteiger charge is -2.22. The van der Waals surface area contributed by atoms with Crippen molar-refractivity contribution in [2.24, 2.45) is 5.92 Å². The van der Waals surface area contributed by atoms with E-state index in [1.54, 1.807) is 0 Å². The van der Waals surface area contributed by atoms with E-state index in [4.69, 9.17) is 5.11 Å². The Morgan fingerprint density at radius 2 is 2.05 bits per heavy atom. The second-order valence-electron chi connectivity index (χ2n) is 4.39. The lowest BCUT2D eigenvalue weighted by atomic mass is 10.1. The normalized spacial score (nSPS) is 20.2. The van der Waals surface area contributed by atoms with Crippen LogP contribution in [0.4, 0.5) is 23.2 Å². The van der Waals surface area contributed by atoms with Crippen molar-refractivity contribution in [2.45, 2.75) is 12.6 Å². The van der Waals surface area contributed by atoms with Gasteiger partial charge in [0.25, 0.3) is 0 Å². The fourth-order valence-electron chi connectivity index (χ4n) is 2.14. The Bertz CT molecular complexity index is 501. The van der Waals surface area contributed by atoms with Crippen LogP contribution in [-0.4, -0.2) is 24.2 Å². The largest absolute Gasteiger partial charge is 0.418 e. The van der Waals surface area contributed by atoms with Gasteiger partial charge in [-0.25, -0.2) is 4.39 Å². The molecule has 7 heteroatoms. The van der Waals surface area contributed by atoms with Crippen LogP contribution in [-0.2, 0) is 11.0 Å². The summed E-state index contributed by atoms with van der Waals surface area (Å²) in [7, 11) is 0. The maximum atomic E-state index is 13.7. The molecule has 1 aliphatic rings.